The summed E-state index contributed by atoms with van der Waals surface area (Å²) in [4.78, 5) is 8.20. The van der Waals surface area contributed by atoms with E-state index in [9.17, 15) is 0 Å². The second-order valence-corrected chi connectivity index (χ2v) is 3.48. The number of rotatable bonds is 3. The van der Waals surface area contributed by atoms with E-state index in [2.05, 4.69) is 37.8 Å². The van der Waals surface area contributed by atoms with E-state index in [1.807, 2.05) is 6.92 Å². The molecule has 0 spiro atoms. The van der Waals surface area contributed by atoms with Gasteiger partial charge in [-0.15, -0.1) is 0 Å². The molecule has 0 saturated heterocycles. The van der Waals surface area contributed by atoms with Gasteiger partial charge in [0.05, 0.1) is 5.69 Å². The maximum absolute atomic E-state index is 4.11. The lowest BCUT2D eigenvalue weighted by molar-refractivity contribution is 1.09. The highest BCUT2D eigenvalue weighted by Gasteiger charge is 1.97. The SMILES string of the molecule is C=C(Br)CNc1nccnc1C. The minimum absolute atomic E-state index is 0.666. The quantitative estimate of drug-likeness (QED) is 0.860. The van der Waals surface area contributed by atoms with Crippen LogP contribution in [0.25, 0.3) is 0 Å². The number of hydrogen-bond donors (Lipinski definition) is 1. The standard InChI is InChI=1S/C8H10BrN3/c1-6(9)5-12-8-7(2)10-3-4-11-8/h3-4H,1,5H2,2H3,(H,11,12). The molecular weight excluding hydrogens is 218 g/mol. The topological polar surface area (TPSA) is 37.8 Å². The van der Waals surface area contributed by atoms with Crippen LogP contribution >= 0.6 is 15.9 Å². The normalized spacial score (nSPS) is 9.50. The van der Waals surface area contributed by atoms with Gasteiger partial charge in [0.25, 0.3) is 0 Å². The van der Waals surface area contributed by atoms with Crippen LogP contribution in [0.1, 0.15) is 5.69 Å². The fourth-order valence-electron chi connectivity index (χ4n) is 0.761. The van der Waals surface area contributed by atoms with E-state index in [-0.39, 0.29) is 0 Å². The number of aryl methyl sites for hydroxylation is 1. The van der Waals surface area contributed by atoms with Crippen molar-refractivity contribution in [2.45, 2.75) is 6.92 Å². The van der Waals surface area contributed by atoms with Crippen LogP contribution in [-0.2, 0) is 0 Å². The van der Waals surface area contributed by atoms with Gasteiger partial charge >= 0.3 is 0 Å². The lowest BCUT2D eigenvalue weighted by Gasteiger charge is -2.05. The van der Waals surface area contributed by atoms with Crippen molar-refractivity contribution in [1.82, 2.24) is 9.97 Å². The van der Waals surface area contributed by atoms with E-state index in [1.54, 1.807) is 12.4 Å². The van der Waals surface area contributed by atoms with E-state index < -0.39 is 0 Å². The molecular formula is C8H10BrN3. The zero-order valence-electron chi connectivity index (χ0n) is 6.84. The molecule has 1 aromatic rings. The van der Waals surface area contributed by atoms with Gasteiger partial charge in [-0.25, -0.2) is 4.98 Å². The average molecular weight is 228 g/mol. The van der Waals surface area contributed by atoms with Gasteiger partial charge < -0.3 is 5.32 Å². The summed E-state index contributed by atoms with van der Waals surface area (Å²) in [6.07, 6.45) is 3.33. The number of halogens is 1. The van der Waals surface area contributed by atoms with Crippen molar-refractivity contribution in [2.75, 3.05) is 11.9 Å². The lowest BCUT2D eigenvalue weighted by atomic mass is 10.4. The van der Waals surface area contributed by atoms with Gasteiger partial charge in [-0.3, -0.25) is 4.98 Å². The maximum Gasteiger partial charge on any atom is 0.147 e. The summed E-state index contributed by atoms with van der Waals surface area (Å²) in [6.45, 7) is 6.28. The second kappa shape index (κ2) is 4.21. The first kappa shape index (κ1) is 9.19. The van der Waals surface area contributed by atoms with Crippen molar-refractivity contribution in [3.8, 4) is 0 Å². The summed E-state index contributed by atoms with van der Waals surface area (Å²) in [7, 11) is 0. The molecule has 12 heavy (non-hydrogen) atoms. The molecule has 1 aromatic heterocycles. The van der Waals surface area contributed by atoms with Crippen LogP contribution in [0.3, 0.4) is 0 Å². The smallest absolute Gasteiger partial charge is 0.147 e. The summed E-state index contributed by atoms with van der Waals surface area (Å²) in [6, 6.07) is 0. The van der Waals surface area contributed by atoms with Gasteiger partial charge in [0.1, 0.15) is 5.82 Å². The molecule has 0 fully saturated rings. The van der Waals surface area contributed by atoms with Gasteiger partial charge in [0, 0.05) is 23.4 Å². The first-order valence-electron chi connectivity index (χ1n) is 3.55. The molecule has 1 rings (SSSR count). The van der Waals surface area contributed by atoms with Crippen molar-refractivity contribution in [1.29, 1.82) is 0 Å². The van der Waals surface area contributed by atoms with Crippen molar-refractivity contribution < 1.29 is 0 Å². The van der Waals surface area contributed by atoms with Crippen LogP contribution in [0.5, 0.6) is 0 Å². The molecule has 0 bridgehead atoms. The monoisotopic (exact) mass is 227 g/mol. The molecule has 0 unspecified atom stereocenters. The largest absolute Gasteiger partial charge is 0.364 e. The molecule has 4 heteroatoms. The zero-order valence-corrected chi connectivity index (χ0v) is 8.43. The summed E-state index contributed by atoms with van der Waals surface area (Å²) < 4.78 is 0.896. The molecule has 1 N–H and O–H groups in total. The fraction of sp³-hybridized carbons (Fsp3) is 0.250. The Hall–Kier alpha value is -0.900. The molecule has 0 aromatic carbocycles. The minimum atomic E-state index is 0.666. The summed E-state index contributed by atoms with van der Waals surface area (Å²) >= 11 is 3.25. The average Bonchev–Trinajstić information content (AvgIpc) is 2.03. The number of nitrogens with zero attached hydrogens (tertiary/aromatic N) is 2. The molecule has 0 saturated carbocycles. The number of anilines is 1. The van der Waals surface area contributed by atoms with E-state index >= 15 is 0 Å². The minimum Gasteiger partial charge on any atom is -0.364 e. The second-order valence-electron chi connectivity index (χ2n) is 2.36. The van der Waals surface area contributed by atoms with Gasteiger partial charge in [0.15, 0.2) is 0 Å². The zero-order chi connectivity index (χ0) is 8.97. The van der Waals surface area contributed by atoms with Crippen LogP contribution in [0.4, 0.5) is 5.82 Å². The van der Waals surface area contributed by atoms with Gasteiger partial charge in [-0.1, -0.05) is 22.5 Å². The van der Waals surface area contributed by atoms with Crippen molar-refractivity contribution in [3.05, 3.63) is 29.1 Å². The third-order valence-corrected chi connectivity index (χ3v) is 1.61. The highest BCUT2D eigenvalue weighted by atomic mass is 79.9. The van der Waals surface area contributed by atoms with Crippen molar-refractivity contribution >= 4 is 21.7 Å². The molecule has 0 aliphatic carbocycles. The molecule has 0 aliphatic rings. The Kier molecular flexibility index (Phi) is 3.22. The number of hydrogen-bond acceptors (Lipinski definition) is 3. The Morgan fingerprint density at radius 2 is 2.25 bits per heavy atom. The van der Waals surface area contributed by atoms with Crippen LogP contribution in [0.15, 0.2) is 23.5 Å². The maximum atomic E-state index is 4.11. The Morgan fingerprint density at radius 3 is 2.83 bits per heavy atom. The van der Waals surface area contributed by atoms with Gasteiger partial charge in [0.2, 0.25) is 0 Å². The Morgan fingerprint density at radius 1 is 1.58 bits per heavy atom. The summed E-state index contributed by atoms with van der Waals surface area (Å²) in [5, 5.41) is 3.09. The molecule has 3 nitrogen and oxygen atoms in total. The van der Waals surface area contributed by atoms with E-state index in [1.165, 1.54) is 0 Å². The first-order valence-corrected chi connectivity index (χ1v) is 4.34. The summed E-state index contributed by atoms with van der Waals surface area (Å²) in [5.41, 5.74) is 0.895. The molecule has 0 amide bonds. The first-order chi connectivity index (χ1) is 5.70. The molecule has 0 radical (unpaired) electrons. The summed E-state index contributed by atoms with van der Waals surface area (Å²) in [5.74, 6) is 0.804. The molecule has 1 heterocycles. The highest BCUT2D eigenvalue weighted by molar-refractivity contribution is 9.11. The van der Waals surface area contributed by atoms with Crippen molar-refractivity contribution in [2.24, 2.45) is 0 Å². The number of aromatic nitrogens is 2. The number of nitrogens with one attached hydrogen (secondary N) is 1. The van der Waals surface area contributed by atoms with Crippen LogP contribution in [0, 0.1) is 6.92 Å². The molecule has 0 aliphatic heterocycles. The third-order valence-electron chi connectivity index (χ3n) is 1.33. The predicted molar refractivity (Wildman–Crippen MR) is 53.3 cm³/mol. The Labute approximate surface area is 80.1 Å². The fourth-order valence-corrected chi connectivity index (χ4v) is 0.901. The van der Waals surface area contributed by atoms with Crippen LogP contribution in [-0.4, -0.2) is 16.5 Å². The van der Waals surface area contributed by atoms with Crippen molar-refractivity contribution in [3.63, 3.8) is 0 Å². The van der Waals surface area contributed by atoms with E-state index in [4.69, 9.17) is 0 Å². The Bertz CT molecular complexity index is 285. The highest BCUT2D eigenvalue weighted by Crippen LogP contribution is 2.08. The van der Waals surface area contributed by atoms with E-state index in [0.717, 1.165) is 16.0 Å². The van der Waals surface area contributed by atoms with E-state index in [0.29, 0.717) is 6.54 Å². The predicted octanol–water partition coefficient (Wildman–Crippen LogP) is 2.11. The van der Waals surface area contributed by atoms with Crippen LogP contribution < -0.4 is 5.32 Å². The molecule has 0 atom stereocenters. The lowest BCUT2D eigenvalue weighted by Crippen LogP contribution is -2.04. The van der Waals surface area contributed by atoms with Gasteiger partial charge in [-0.05, 0) is 6.92 Å². The third kappa shape index (κ3) is 2.62. The van der Waals surface area contributed by atoms with Gasteiger partial charge in [-0.2, -0.15) is 0 Å². The van der Waals surface area contributed by atoms with Crippen LogP contribution in [0.2, 0.25) is 0 Å². The Balaban J connectivity index is 2.63. The molecule has 64 valence electrons.